The second kappa shape index (κ2) is 8.03. The Morgan fingerprint density at radius 1 is 1.18 bits per heavy atom. The molecule has 28 heavy (non-hydrogen) atoms. The topological polar surface area (TPSA) is 62.5 Å². The molecule has 2 aliphatic heterocycles. The Hall–Kier alpha value is -2.21. The Kier molecular flexibility index (Phi) is 5.49. The molecule has 2 aliphatic rings. The van der Waals surface area contributed by atoms with Gasteiger partial charge >= 0.3 is 0 Å². The normalized spacial score (nSPS) is 20.2. The van der Waals surface area contributed by atoms with Crippen LogP contribution >= 0.6 is 0 Å². The Balaban J connectivity index is 1.34. The third-order valence-corrected chi connectivity index (χ3v) is 6.29. The molecule has 2 saturated heterocycles. The maximum atomic E-state index is 12.5. The van der Waals surface area contributed by atoms with Crippen molar-refractivity contribution in [2.75, 3.05) is 19.6 Å². The molecule has 150 valence electrons. The van der Waals surface area contributed by atoms with Crippen LogP contribution in [-0.4, -0.2) is 45.5 Å². The van der Waals surface area contributed by atoms with Crippen LogP contribution in [0.3, 0.4) is 0 Å². The van der Waals surface area contributed by atoms with E-state index in [-0.39, 0.29) is 11.3 Å². The number of pyridine rings is 1. The van der Waals surface area contributed by atoms with Gasteiger partial charge in [0, 0.05) is 25.2 Å². The molecule has 4 rings (SSSR count). The van der Waals surface area contributed by atoms with Crippen LogP contribution in [0.15, 0.2) is 35.0 Å². The average molecular weight is 383 g/mol. The summed E-state index contributed by atoms with van der Waals surface area (Å²) in [5.41, 5.74) is 2.25. The molecule has 1 spiro atoms. The van der Waals surface area contributed by atoms with Gasteiger partial charge in [-0.3, -0.25) is 14.7 Å². The molecular formula is C22H30N4O2. The summed E-state index contributed by atoms with van der Waals surface area (Å²) in [5.74, 6) is 1.61. The summed E-state index contributed by atoms with van der Waals surface area (Å²) in [5, 5.41) is 4.17. The molecule has 2 fully saturated rings. The predicted octanol–water partition coefficient (Wildman–Crippen LogP) is 3.60. The summed E-state index contributed by atoms with van der Waals surface area (Å²) in [6, 6.07) is 7.99. The molecule has 0 radical (unpaired) electrons. The number of likely N-dealkylation sites (tertiary alicyclic amines) is 2. The Morgan fingerprint density at radius 2 is 2.00 bits per heavy atom. The first kappa shape index (κ1) is 19.1. The molecule has 0 aromatic carbocycles. The first-order chi connectivity index (χ1) is 13.5. The van der Waals surface area contributed by atoms with Crippen molar-refractivity contribution in [3.8, 4) is 0 Å². The van der Waals surface area contributed by atoms with Gasteiger partial charge in [0.2, 0.25) is 5.91 Å². The van der Waals surface area contributed by atoms with Crippen molar-refractivity contribution in [2.24, 2.45) is 5.41 Å². The zero-order chi connectivity index (χ0) is 19.6. The van der Waals surface area contributed by atoms with Crippen molar-refractivity contribution in [3.05, 3.63) is 47.6 Å². The van der Waals surface area contributed by atoms with Gasteiger partial charge in [-0.05, 0) is 55.8 Å². The standard InChI is InChI=1S/C22H30N4O2/c1-17(2)20-13-19(28-24-20)15-25-11-8-22(9-12-25)7-6-21(27)26(16-22)14-18-5-3-4-10-23-18/h3-5,10,13,17H,6-9,11-12,14-16H2,1-2H3. The quantitative estimate of drug-likeness (QED) is 0.791. The van der Waals surface area contributed by atoms with Crippen molar-refractivity contribution in [1.29, 1.82) is 0 Å². The molecular weight excluding hydrogens is 352 g/mol. The molecule has 2 aromatic rings. The number of carbonyl (C=O) groups excluding carboxylic acids is 1. The lowest BCUT2D eigenvalue weighted by molar-refractivity contribution is -0.140. The first-order valence-corrected chi connectivity index (χ1v) is 10.4. The number of amides is 1. The molecule has 6 heteroatoms. The number of carbonyl (C=O) groups is 1. The number of hydrogen-bond acceptors (Lipinski definition) is 5. The van der Waals surface area contributed by atoms with E-state index in [9.17, 15) is 4.79 Å². The highest BCUT2D eigenvalue weighted by molar-refractivity contribution is 5.77. The van der Waals surface area contributed by atoms with Gasteiger partial charge in [0.05, 0.1) is 24.5 Å². The number of aromatic nitrogens is 2. The van der Waals surface area contributed by atoms with Crippen LogP contribution < -0.4 is 0 Å². The van der Waals surface area contributed by atoms with E-state index in [0.29, 0.717) is 18.9 Å². The number of piperidine rings is 2. The molecule has 0 N–H and O–H groups in total. The number of hydrogen-bond donors (Lipinski definition) is 0. The Labute approximate surface area is 166 Å². The highest BCUT2D eigenvalue weighted by Crippen LogP contribution is 2.40. The lowest BCUT2D eigenvalue weighted by Crippen LogP contribution is -2.51. The van der Waals surface area contributed by atoms with Gasteiger partial charge in [0.15, 0.2) is 5.76 Å². The molecule has 4 heterocycles. The summed E-state index contributed by atoms with van der Waals surface area (Å²) in [6.45, 7) is 8.66. The lowest BCUT2D eigenvalue weighted by atomic mass is 9.72. The molecule has 2 aromatic heterocycles. The second-order valence-electron chi connectivity index (χ2n) is 8.72. The third-order valence-electron chi connectivity index (χ3n) is 6.29. The largest absolute Gasteiger partial charge is 0.360 e. The zero-order valence-electron chi connectivity index (χ0n) is 16.9. The number of rotatable bonds is 5. The highest BCUT2D eigenvalue weighted by atomic mass is 16.5. The summed E-state index contributed by atoms with van der Waals surface area (Å²) in [4.78, 5) is 21.3. The summed E-state index contributed by atoms with van der Waals surface area (Å²) in [7, 11) is 0. The SMILES string of the molecule is CC(C)c1cc(CN2CCC3(CCC(=O)N(Cc4ccccn4)C3)CC2)on1. The molecule has 0 saturated carbocycles. The van der Waals surface area contributed by atoms with E-state index >= 15 is 0 Å². The Bertz CT molecular complexity index is 794. The van der Waals surface area contributed by atoms with Crippen LogP contribution in [-0.2, 0) is 17.9 Å². The van der Waals surface area contributed by atoms with Crippen LogP contribution in [0.4, 0.5) is 0 Å². The minimum Gasteiger partial charge on any atom is -0.360 e. The van der Waals surface area contributed by atoms with E-state index in [1.807, 2.05) is 23.1 Å². The fourth-order valence-electron chi connectivity index (χ4n) is 4.42. The minimum absolute atomic E-state index is 0.254. The Morgan fingerprint density at radius 3 is 2.68 bits per heavy atom. The lowest BCUT2D eigenvalue weighted by Gasteiger charge is -2.47. The van der Waals surface area contributed by atoms with E-state index in [4.69, 9.17) is 4.52 Å². The van der Waals surface area contributed by atoms with Crippen molar-refractivity contribution >= 4 is 5.91 Å². The smallest absolute Gasteiger partial charge is 0.222 e. The molecule has 0 bridgehead atoms. The molecule has 0 atom stereocenters. The van der Waals surface area contributed by atoms with Crippen LogP contribution in [0.2, 0.25) is 0 Å². The molecule has 0 unspecified atom stereocenters. The first-order valence-electron chi connectivity index (χ1n) is 10.4. The van der Waals surface area contributed by atoms with Crippen LogP contribution in [0.5, 0.6) is 0 Å². The van der Waals surface area contributed by atoms with Gasteiger partial charge in [0.1, 0.15) is 0 Å². The van der Waals surface area contributed by atoms with E-state index < -0.39 is 0 Å². The fraction of sp³-hybridized carbons (Fsp3) is 0.591. The van der Waals surface area contributed by atoms with Gasteiger partial charge in [-0.25, -0.2) is 0 Å². The van der Waals surface area contributed by atoms with E-state index in [1.165, 1.54) is 0 Å². The zero-order valence-corrected chi connectivity index (χ0v) is 16.9. The van der Waals surface area contributed by atoms with Gasteiger partial charge < -0.3 is 9.42 Å². The molecule has 6 nitrogen and oxygen atoms in total. The van der Waals surface area contributed by atoms with Gasteiger partial charge in [-0.2, -0.15) is 0 Å². The van der Waals surface area contributed by atoms with Crippen LogP contribution in [0.25, 0.3) is 0 Å². The maximum Gasteiger partial charge on any atom is 0.222 e. The van der Waals surface area contributed by atoms with Crippen molar-refractivity contribution < 1.29 is 9.32 Å². The minimum atomic E-state index is 0.254. The maximum absolute atomic E-state index is 12.5. The third kappa shape index (κ3) is 4.27. The monoisotopic (exact) mass is 382 g/mol. The number of nitrogens with zero attached hydrogens (tertiary/aromatic N) is 4. The summed E-state index contributed by atoms with van der Waals surface area (Å²) in [6.07, 6.45) is 5.73. The van der Waals surface area contributed by atoms with Gasteiger partial charge in [-0.1, -0.05) is 25.1 Å². The van der Waals surface area contributed by atoms with Crippen LogP contribution in [0, 0.1) is 5.41 Å². The van der Waals surface area contributed by atoms with Crippen LogP contribution in [0.1, 0.15) is 62.6 Å². The predicted molar refractivity (Wildman–Crippen MR) is 106 cm³/mol. The fourth-order valence-corrected chi connectivity index (χ4v) is 4.42. The molecule has 0 aliphatic carbocycles. The average Bonchev–Trinajstić information content (AvgIpc) is 3.17. The summed E-state index contributed by atoms with van der Waals surface area (Å²) >= 11 is 0. The van der Waals surface area contributed by atoms with Crippen molar-refractivity contribution in [3.63, 3.8) is 0 Å². The van der Waals surface area contributed by atoms with Gasteiger partial charge in [-0.15, -0.1) is 0 Å². The summed E-state index contributed by atoms with van der Waals surface area (Å²) < 4.78 is 5.51. The van der Waals surface area contributed by atoms with E-state index in [0.717, 1.165) is 62.6 Å². The second-order valence-corrected chi connectivity index (χ2v) is 8.72. The van der Waals surface area contributed by atoms with E-state index in [2.05, 4.69) is 35.0 Å². The van der Waals surface area contributed by atoms with Crippen molar-refractivity contribution in [2.45, 2.75) is 58.5 Å². The van der Waals surface area contributed by atoms with E-state index in [1.54, 1.807) is 6.20 Å². The van der Waals surface area contributed by atoms with Crippen molar-refractivity contribution in [1.82, 2.24) is 19.9 Å². The molecule has 1 amide bonds. The van der Waals surface area contributed by atoms with Gasteiger partial charge in [0.25, 0.3) is 0 Å². The highest BCUT2D eigenvalue weighted by Gasteiger charge is 2.41.